The predicted molar refractivity (Wildman–Crippen MR) is 125 cm³/mol. The van der Waals surface area contributed by atoms with E-state index in [0.29, 0.717) is 12.3 Å². The van der Waals surface area contributed by atoms with Crippen molar-refractivity contribution < 1.29 is 29.3 Å². The Balaban J connectivity index is 1.02. The normalized spacial score (nSPS) is 27.6. The van der Waals surface area contributed by atoms with Crippen molar-refractivity contribution in [3.8, 4) is 11.1 Å². The first-order chi connectivity index (χ1) is 16.8. The molecular formula is C27H28N2O6. The number of rotatable bonds is 5. The lowest BCUT2D eigenvalue weighted by Gasteiger charge is -2.44. The number of nitrogens with one attached hydrogen (secondary N) is 1. The van der Waals surface area contributed by atoms with Crippen LogP contribution in [-0.2, 0) is 14.3 Å². The molecule has 3 aliphatic carbocycles. The maximum absolute atomic E-state index is 12.7. The average Bonchev–Trinajstić information content (AvgIpc) is 3.33. The van der Waals surface area contributed by atoms with Gasteiger partial charge in [-0.05, 0) is 53.4 Å². The molecule has 4 atom stereocenters. The number of hydrogen-bond acceptors (Lipinski definition) is 5. The fourth-order valence-electron chi connectivity index (χ4n) is 6.52. The van der Waals surface area contributed by atoms with Gasteiger partial charge in [0.2, 0.25) is 5.91 Å². The van der Waals surface area contributed by atoms with E-state index in [1.165, 1.54) is 27.2 Å². The summed E-state index contributed by atoms with van der Waals surface area (Å²) in [6.45, 7) is -0.0495. The number of fused-ring (bicyclic) bond motifs is 4. The molecule has 4 aliphatic rings. The van der Waals surface area contributed by atoms with Gasteiger partial charge in [0.25, 0.3) is 0 Å². The number of likely N-dealkylation sites (tertiary alicyclic amines) is 1. The summed E-state index contributed by atoms with van der Waals surface area (Å²) < 4.78 is 5.67. The third-order valence-electron chi connectivity index (χ3n) is 8.43. The average molecular weight is 477 g/mol. The minimum Gasteiger partial charge on any atom is -0.479 e. The van der Waals surface area contributed by atoms with Crippen LogP contribution in [0.3, 0.4) is 0 Å². The van der Waals surface area contributed by atoms with E-state index >= 15 is 0 Å². The second kappa shape index (κ2) is 8.09. The van der Waals surface area contributed by atoms with Crippen molar-refractivity contribution in [1.29, 1.82) is 0 Å². The number of carbonyl (C=O) groups excluding carboxylic acids is 2. The number of β-amino-alcohol motifs (C(OH)–C–C–N with tert-alkyl or cyclic N) is 1. The molecule has 182 valence electrons. The van der Waals surface area contributed by atoms with Crippen molar-refractivity contribution in [1.82, 2.24) is 10.2 Å². The SMILES string of the molecule is O=C(N[C@@H]1C[C@@H]2CC(C(=O)N3CC(O)(C(=O)O)C3)C[C@@H]21)OCC1c2ccccc2-c2ccccc21. The number of carbonyl (C=O) groups is 3. The van der Waals surface area contributed by atoms with Crippen molar-refractivity contribution in [2.24, 2.45) is 17.8 Å². The topological polar surface area (TPSA) is 116 Å². The Kier molecular flexibility index (Phi) is 5.11. The van der Waals surface area contributed by atoms with Gasteiger partial charge in [-0.15, -0.1) is 0 Å². The van der Waals surface area contributed by atoms with Crippen LogP contribution in [0.4, 0.5) is 4.79 Å². The van der Waals surface area contributed by atoms with Gasteiger partial charge in [-0.1, -0.05) is 48.5 Å². The molecule has 8 heteroatoms. The maximum Gasteiger partial charge on any atom is 0.407 e. The quantitative estimate of drug-likeness (QED) is 0.611. The van der Waals surface area contributed by atoms with Gasteiger partial charge in [0, 0.05) is 17.9 Å². The number of amides is 2. The van der Waals surface area contributed by atoms with Crippen LogP contribution < -0.4 is 5.32 Å². The van der Waals surface area contributed by atoms with Crippen LogP contribution in [-0.4, -0.2) is 64.4 Å². The van der Waals surface area contributed by atoms with Crippen LogP contribution in [0.25, 0.3) is 11.1 Å². The summed E-state index contributed by atoms with van der Waals surface area (Å²) in [5.74, 6) is -0.952. The Morgan fingerprint density at radius 1 is 0.971 bits per heavy atom. The fourth-order valence-corrected chi connectivity index (χ4v) is 6.52. The molecule has 35 heavy (non-hydrogen) atoms. The predicted octanol–water partition coefficient (Wildman–Crippen LogP) is 2.60. The van der Waals surface area contributed by atoms with E-state index < -0.39 is 17.7 Å². The van der Waals surface area contributed by atoms with Gasteiger partial charge in [-0.2, -0.15) is 0 Å². The lowest BCUT2D eigenvalue weighted by molar-refractivity contribution is -0.183. The van der Waals surface area contributed by atoms with Gasteiger partial charge in [-0.3, -0.25) is 4.79 Å². The molecule has 3 fully saturated rings. The molecular weight excluding hydrogens is 448 g/mol. The Hall–Kier alpha value is -3.39. The Bertz CT molecular complexity index is 1160. The van der Waals surface area contributed by atoms with E-state index in [0.717, 1.165) is 12.8 Å². The van der Waals surface area contributed by atoms with E-state index in [1.807, 2.05) is 24.3 Å². The maximum atomic E-state index is 12.7. The van der Waals surface area contributed by atoms with E-state index in [2.05, 4.69) is 29.6 Å². The van der Waals surface area contributed by atoms with Crippen LogP contribution in [0.5, 0.6) is 0 Å². The highest BCUT2D eigenvalue weighted by atomic mass is 16.5. The number of nitrogens with zero attached hydrogens (tertiary/aromatic N) is 1. The van der Waals surface area contributed by atoms with Gasteiger partial charge in [0.1, 0.15) is 6.61 Å². The highest BCUT2D eigenvalue weighted by molar-refractivity contribution is 5.86. The molecule has 6 rings (SSSR count). The number of alkyl carbamates (subject to hydrolysis) is 1. The second-order valence-corrected chi connectivity index (χ2v) is 10.4. The number of carboxylic acids is 1. The zero-order chi connectivity index (χ0) is 24.3. The number of ether oxygens (including phenoxy) is 1. The van der Waals surface area contributed by atoms with Crippen molar-refractivity contribution in [3.63, 3.8) is 0 Å². The van der Waals surface area contributed by atoms with Crippen molar-refractivity contribution >= 4 is 18.0 Å². The minimum absolute atomic E-state index is 0.0109. The molecule has 1 heterocycles. The van der Waals surface area contributed by atoms with Gasteiger partial charge >= 0.3 is 12.1 Å². The smallest absolute Gasteiger partial charge is 0.407 e. The largest absolute Gasteiger partial charge is 0.479 e. The molecule has 3 N–H and O–H groups in total. The number of carboxylic acid groups (broad SMARTS) is 1. The van der Waals surface area contributed by atoms with Crippen molar-refractivity contribution in [2.75, 3.05) is 19.7 Å². The lowest BCUT2D eigenvalue weighted by Crippen LogP contribution is -2.68. The van der Waals surface area contributed by atoms with Gasteiger partial charge in [-0.25, -0.2) is 9.59 Å². The summed E-state index contributed by atoms with van der Waals surface area (Å²) in [6, 6.07) is 16.4. The summed E-state index contributed by atoms with van der Waals surface area (Å²) in [5.41, 5.74) is 2.89. The summed E-state index contributed by atoms with van der Waals surface area (Å²) in [7, 11) is 0. The molecule has 0 bridgehead atoms. The monoisotopic (exact) mass is 476 g/mol. The van der Waals surface area contributed by atoms with Crippen LogP contribution in [0.2, 0.25) is 0 Å². The molecule has 2 amide bonds. The molecule has 0 radical (unpaired) electrons. The molecule has 2 saturated carbocycles. The minimum atomic E-state index is -1.82. The van der Waals surface area contributed by atoms with Crippen LogP contribution >= 0.6 is 0 Å². The Morgan fingerprint density at radius 2 is 1.60 bits per heavy atom. The molecule has 0 spiro atoms. The second-order valence-electron chi connectivity index (χ2n) is 10.4. The van der Waals surface area contributed by atoms with E-state index in [4.69, 9.17) is 9.84 Å². The zero-order valence-corrected chi connectivity index (χ0v) is 19.2. The summed E-state index contributed by atoms with van der Waals surface area (Å²) >= 11 is 0. The van der Waals surface area contributed by atoms with Gasteiger partial charge in [0.05, 0.1) is 13.1 Å². The van der Waals surface area contributed by atoms with E-state index in [-0.39, 0.29) is 49.4 Å². The third kappa shape index (κ3) is 3.58. The molecule has 2 aromatic carbocycles. The summed E-state index contributed by atoms with van der Waals surface area (Å²) in [5, 5.41) is 21.9. The third-order valence-corrected chi connectivity index (χ3v) is 8.43. The van der Waals surface area contributed by atoms with Gasteiger partial charge in [0.15, 0.2) is 5.60 Å². The fraction of sp³-hybridized carbons (Fsp3) is 0.444. The highest BCUT2D eigenvalue weighted by Gasteiger charge is 2.55. The first-order valence-electron chi connectivity index (χ1n) is 12.2. The number of aliphatic hydroxyl groups is 1. The summed E-state index contributed by atoms with van der Waals surface area (Å²) in [6.07, 6.45) is 1.80. The van der Waals surface area contributed by atoms with Crippen LogP contribution in [0, 0.1) is 17.8 Å². The van der Waals surface area contributed by atoms with Crippen LogP contribution in [0.1, 0.15) is 36.3 Å². The molecule has 1 unspecified atom stereocenters. The highest BCUT2D eigenvalue weighted by Crippen LogP contribution is 2.50. The number of aliphatic carboxylic acids is 1. The Morgan fingerprint density at radius 3 is 2.23 bits per heavy atom. The molecule has 2 aromatic rings. The molecule has 1 aliphatic heterocycles. The zero-order valence-electron chi connectivity index (χ0n) is 19.2. The number of benzene rings is 2. The van der Waals surface area contributed by atoms with Crippen LogP contribution in [0.15, 0.2) is 48.5 Å². The first-order valence-corrected chi connectivity index (χ1v) is 12.2. The van der Waals surface area contributed by atoms with Gasteiger partial charge < -0.3 is 25.2 Å². The first kappa shape index (κ1) is 22.1. The Labute approximate surface area is 202 Å². The van der Waals surface area contributed by atoms with E-state index in [1.54, 1.807) is 0 Å². The van der Waals surface area contributed by atoms with Crippen molar-refractivity contribution in [3.05, 3.63) is 59.7 Å². The van der Waals surface area contributed by atoms with E-state index in [9.17, 15) is 19.5 Å². The van der Waals surface area contributed by atoms with Crippen molar-refractivity contribution in [2.45, 2.75) is 36.8 Å². The summed E-state index contributed by atoms with van der Waals surface area (Å²) in [4.78, 5) is 37.9. The molecule has 8 nitrogen and oxygen atoms in total. The number of hydrogen-bond donors (Lipinski definition) is 3. The molecule has 1 saturated heterocycles. The molecule has 0 aromatic heterocycles. The standard InChI is InChI=1S/C27H28N2O6/c30-24(29-13-27(34,14-29)25(31)32)16-9-15-11-23(21(15)10-16)28-26(33)35-12-22-19-7-3-1-5-17(19)18-6-2-4-8-20(18)22/h1-8,15-16,21-23,34H,9-14H2,(H,28,33)(H,31,32)/t15-,16?,21-,23+/m0/s1. The lowest BCUT2D eigenvalue weighted by atomic mass is 9.71.